The molecule has 0 N–H and O–H groups in total. The second-order valence-electron chi connectivity index (χ2n) is 3.12. The van der Waals surface area contributed by atoms with Gasteiger partial charge in [-0.25, -0.2) is 0 Å². The van der Waals surface area contributed by atoms with E-state index >= 15 is 0 Å². The standard InChI is InChI=1S/C9H14O3/c1-7(2)3-4-9(10)12-6-8-5-11-8/h3,8H,4-6H2,1-2H3. The van der Waals surface area contributed by atoms with Crippen LogP contribution in [0.1, 0.15) is 20.3 Å². The highest BCUT2D eigenvalue weighted by Gasteiger charge is 2.23. The van der Waals surface area contributed by atoms with E-state index in [1.165, 1.54) is 0 Å². The fourth-order valence-corrected chi connectivity index (χ4v) is 0.697. The van der Waals surface area contributed by atoms with E-state index in [0.717, 1.165) is 12.2 Å². The lowest BCUT2D eigenvalue weighted by molar-refractivity contribution is -0.143. The lowest BCUT2D eigenvalue weighted by Crippen LogP contribution is -2.08. The van der Waals surface area contributed by atoms with E-state index in [1.807, 2.05) is 19.9 Å². The number of allylic oxidation sites excluding steroid dienone is 1. The van der Waals surface area contributed by atoms with E-state index in [2.05, 4.69) is 0 Å². The molecule has 1 fully saturated rings. The molecule has 0 spiro atoms. The molecule has 12 heavy (non-hydrogen) atoms. The number of epoxide rings is 1. The van der Waals surface area contributed by atoms with Gasteiger partial charge in [-0.3, -0.25) is 4.79 Å². The van der Waals surface area contributed by atoms with Crippen LogP contribution >= 0.6 is 0 Å². The third-order valence-corrected chi connectivity index (χ3v) is 1.51. The Kier molecular flexibility index (Phi) is 3.29. The van der Waals surface area contributed by atoms with Gasteiger partial charge in [0.15, 0.2) is 0 Å². The molecule has 3 heteroatoms. The van der Waals surface area contributed by atoms with Crippen molar-refractivity contribution in [3.63, 3.8) is 0 Å². The van der Waals surface area contributed by atoms with Crippen molar-refractivity contribution in [3.8, 4) is 0 Å². The minimum atomic E-state index is -0.174. The first-order valence-corrected chi connectivity index (χ1v) is 4.09. The minimum Gasteiger partial charge on any atom is -0.463 e. The Morgan fingerprint density at radius 2 is 2.33 bits per heavy atom. The zero-order valence-electron chi connectivity index (χ0n) is 7.50. The quantitative estimate of drug-likeness (QED) is 0.362. The van der Waals surface area contributed by atoms with Crippen LogP contribution in [-0.4, -0.2) is 25.3 Å². The zero-order chi connectivity index (χ0) is 8.97. The highest BCUT2D eigenvalue weighted by molar-refractivity contribution is 5.71. The van der Waals surface area contributed by atoms with Crippen molar-refractivity contribution in [1.29, 1.82) is 0 Å². The third-order valence-electron chi connectivity index (χ3n) is 1.51. The molecule has 1 heterocycles. The SMILES string of the molecule is CC(C)=CCC(=O)OCC1CO1. The van der Waals surface area contributed by atoms with E-state index in [1.54, 1.807) is 0 Å². The predicted octanol–water partition coefficient (Wildman–Crippen LogP) is 1.28. The van der Waals surface area contributed by atoms with Gasteiger partial charge in [0.05, 0.1) is 13.0 Å². The molecule has 1 aliphatic heterocycles. The van der Waals surface area contributed by atoms with Gasteiger partial charge >= 0.3 is 5.97 Å². The second-order valence-corrected chi connectivity index (χ2v) is 3.12. The largest absolute Gasteiger partial charge is 0.463 e. The van der Waals surface area contributed by atoms with Gasteiger partial charge < -0.3 is 9.47 Å². The number of carbonyl (C=O) groups excluding carboxylic acids is 1. The topological polar surface area (TPSA) is 38.8 Å². The summed E-state index contributed by atoms with van der Waals surface area (Å²) in [6.07, 6.45) is 2.39. The van der Waals surface area contributed by atoms with Crippen LogP contribution in [0, 0.1) is 0 Å². The molecule has 1 saturated heterocycles. The molecule has 1 rings (SSSR count). The molecule has 0 saturated carbocycles. The van der Waals surface area contributed by atoms with Crippen LogP contribution in [-0.2, 0) is 14.3 Å². The maximum absolute atomic E-state index is 11.0. The molecule has 1 unspecified atom stereocenters. The molecule has 3 nitrogen and oxygen atoms in total. The Labute approximate surface area is 72.4 Å². The predicted molar refractivity (Wildman–Crippen MR) is 44.7 cm³/mol. The summed E-state index contributed by atoms with van der Waals surface area (Å²) < 4.78 is 9.80. The van der Waals surface area contributed by atoms with Crippen molar-refractivity contribution < 1.29 is 14.3 Å². The van der Waals surface area contributed by atoms with Crippen LogP contribution in [0.4, 0.5) is 0 Å². The van der Waals surface area contributed by atoms with Crippen molar-refractivity contribution in [2.45, 2.75) is 26.4 Å². The summed E-state index contributed by atoms with van der Waals surface area (Å²) in [6, 6.07) is 0. The molecular weight excluding hydrogens is 156 g/mol. The molecular formula is C9H14O3. The first kappa shape index (κ1) is 9.26. The Bertz CT molecular complexity index is 188. The third kappa shape index (κ3) is 4.13. The summed E-state index contributed by atoms with van der Waals surface area (Å²) in [4.78, 5) is 11.0. The first-order valence-electron chi connectivity index (χ1n) is 4.09. The van der Waals surface area contributed by atoms with Crippen LogP contribution in [0.2, 0.25) is 0 Å². The summed E-state index contributed by atoms with van der Waals surface area (Å²) >= 11 is 0. The average molecular weight is 170 g/mol. The van der Waals surface area contributed by atoms with Gasteiger partial charge in [-0.05, 0) is 13.8 Å². The van der Waals surface area contributed by atoms with Gasteiger partial charge in [0.2, 0.25) is 0 Å². The number of ether oxygens (including phenoxy) is 2. The zero-order valence-corrected chi connectivity index (χ0v) is 7.50. The van der Waals surface area contributed by atoms with Crippen molar-refractivity contribution in [2.75, 3.05) is 13.2 Å². The Morgan fingerprint density at radius 1 is 1.67 bits per heavy atom. The number of carbonyl (C=O) groups is 1. The molecule has 0 radical (unpaired) electrons. The normalized spacial score (nSPS) is 20.0. The van der Waals surface area contributed by atoms with Crippen LogP contribution < -0.4 is 0 Å². The Hall–Kier alpha value is -0.830. The summed E-state index contributed by atoms with van der Waals surface area (Å²) in [7, 11) is 0. The average Bonchev–Trinajstić information content (AvgIpc) is 2.80. The highest BCUT2D eigenvalue weighted by Crippen LogP contribution is 2.09. The highest BCUT2D eigenvalue weighted by atomic mass is 16.6. The van der Waals surface area contributed by atoms with Crippen molar-refractivity contribution in [1.82, 2.24) is 0 Å². The van der Waals surface area contributed by atoms with Crippen molar-refractivity contribution in [3.05, 3.63) is 11.6 Å². The smallest absolute Gasteiger partial charge is 0.309 e. The lowest BCUT2D eigenvalue weighted by atomic mass is 10.3. The van der Waals surface area contributed by atoms with E-state index in [4.69, 9.17) is 9.47 Å². The van der Waals surface area contributed by atoms with Crippen LogP contribution in [0.25, 0.3) is 0 Å². The number of rotatable bonds is 4. The molecule has 0 bridgehead atoms. The summed E-state index contributed by atoms with van der Waals surface area (Å²) in [6.45, 7) is 5.06. The van der Waals surface area contributed by atoms with E-state index in [9.17, 15) is 4.79 Å². The maximum Gasteiger partial charge on any atom is 0.309 e. The van der Waals surface area contributed by atoms with Crippen LogP contribution in [0.5, 0.6) is 0 Å². The van der Waals surface area contributed by atoms with Gasteiger partial charge in [0.1, 0.15) is 12.7 Å². The van der Waals surface area contributed by atoms with Crippen molar-refractivity contribution >= 4 is 5.97 Å². The molecule has 0 aliphatic carbocycles. The van der Waals surface area contributed by atoms with E-state index in [0.29, 0.717) is 13.0 Å². The number of esters is 1. The lowest BCUT2D eigenvalue weighted by Gasteiger charge is -1.99. The molecule has 68 valence electrons. The van der Waals surface area contributed by atoms with Gasteiger partial charge in [0.25, 0.3) is 0 Å². The minimum absolute atomic E-state index is 0.167. The Balaban J connectivity index is 2.06. The van der Waals surface area contributed by atoms with Gasteiger partial charge in [-0.15, -0.1) is 0 Å². The fraction of sp³-hybridized carbons (Fsp3) is 0.667. The van der Waals surface area contributed by atoms with E-state index in [-0.39, 0.29) is 12.1 Å². The number of hydrogen-bond donors (Lipinski definition) is 0. The Morgan fingerprint density at radius 3 is 2.83 bits per heavy atom. The summed E-state index contributed by atoms with van der Waals surface area (Å²) in [5, 5.41) is 0. The van der Waals surface area contributed by atoms with Crippen molar-refractivity contribution in [2.24, 2.45) is 0 Å². The van der Waals surface area contributed by atoms with Crippen LogP contribution in [0.3, 0.4) is 0 Å². The molecule has 1 aliphatic rings. The first-order chi connectivity index (χ1) is 5.68. The second kappa shape index (κ2) is 4.26. The summed E-state index contributed by atoms with van der Waals surface area (Å²) in [5.74, 6) is -0.174. The molecule has 0 amide bonds. The fourth-order valence-electron chi connectivity index (χ4n) is 0.697. The van der Waals surface area contributed by atoms with Gasteiger partial charge in [0, 0.05) is 0 Å². The monoisotopic (exact) mass is 170 g/mol. The molecule has 0 aromatic carbocycles. The van der Waals surface area contributed by atoms with E-state index < -0.39 is 0 Å². The van der Waals surface area contributed by atoms with Crippen LogP contribution in [0.15, 0.2) is 11.6 Å². The summed E-state index contributed by atoms with van der Waals surface area (Å²) in [5.41, 5.74) is 1.13. The maximum atomic E-state index is 11.0. The van der Waals surface area contributed by atoms with Gasteiger partial charge in [-0.2, -0.15) is 0 Å². The number of hydrogen-bond acceptors (Lipinski definition) is 3. The molecule has 0 aromatic rings. The van der Waals surface area contributed by atoms with Gasteiger partial charge in [-0.1, -0.05) is 11.6 Å². The molecule has 0 aromatic heterocycles. The molecule has 1 atom stereocenters.